The average molecular weight is 271 g/mol. The van der Waals surface area contributed by atoms with Crippen LogP contribution in [0.4, 0.5) is 0 Å². The molecule has 0 spiro atoms. The van der Waals surface area contributed by atoms with Crippen molar-refractivity contribution < 1.29 is 24.5 Å². The number of amides is 1. The topological polar surface area (TPSA) is 87.1 Å². The van der Waals surface area contributed by atoms with Crippen LogP contribution in [0.25, 0.3) is 0 Å². The number of hydrogen-bond donors (Lipinski definition) is 2. The maximum absolute atomic E-state index is 11.9. The van der Waals surface area contributed by atoms with Crippen molar-refractivity contribution in [1.29, 1.82) is 0 Å². The van der Waals surface area contributed by atoms with Gasteiger partial charge in [-0.3, -0.25) is 9.69 Å². The largest absolute Gasteiger partial charge is 0.477 e. The molecule has 6 nitrogen and oxygen atoms in total. The van der Waals surface area contributed by atoms with Crippen LogP contribution in [0, 0.1) is 5.92 Å². The fourth-order valence-corrected chi connectivity index (χ4v) is 3.97. The summed E-state index contributed by atoms with van der Waals surface area (Å²) in [4.78, 5) is 25.1. The number of ether oxygens (including phenoxy) is 1. The van der Waals surface area contributed by atoms with Crippen molar-refractivity contribution in [1.82, 2.24) is 4.90 Å². The Morgan fingerprint density at radius 1 is 1.61 bits per heavy atom. The molecule has 0 unspecified atom stereocenters. The van der Waals surface area contributed by atoms with Crippen molar-refractivity contribution in [3.63, 3.8) is 0 Å². The van der Waals surface area contributed by atoms with Crippen molar-refractivity contribution in [2.24, 2.45) is 5.92 Å². The van der Waals surface area contributed by atoms with E-state index < -0.39 is 18.0 Å². The highest BCUT2D eigenvalue weighted by Crippen LogP contribution is 2.49. The molecule has 0 radical (unpaired) electrons. The van der Waals surface area contributed by atoms with Gasteiger partial charge in [0.25, 0.3) is 0 Å². The number of carboxylic acid groups (broad SMARTS) is 1. The molecule has 0 aromatic carbocycles. The minimum absolute atomic E-state index is 0.0385. The molecule has 98 valence electrons. The molecular formula is C11H13NO5S. The van der Waals surface area contributed by atoms with Crippen LogP contribution in [-0.4, -0.2) is 57.6 Å². The van der Waals surface area contributed by atoms with Gasteiger partial charge >= 0.3 is 5.97 Å². The van der Waals surface area contributed by atoms with Crippen LogP contribution < -0.4 is 0 Å². The number of fused-ring (bicyclic) bond motifs is 3. The van der Waals surface area contributed by atoms with Gasteiger partial charge in [-0.25, -0.2) is 4.79 Å². The highest BCUT2D eigenvalue weighted by atomic mass is 32.2. The Kier molecular flexibility index (Phi) is 2.65. The molecule has 3 rings (SSSR count). The third-order valence-electron chi connectivity index (χ3n) is 3.59. The van der Waals surface area contributed by atoms with E-state index in [4.69, 9.17) is 4.74 Å². The number of β-lactam (4-membered cyclic amide) rings is 1. The highest BCUT2D eigenvalue weighted by Gasteiger charge is 2.62. The fourth-order valence-electron chi connectivity index (χ4n) is 2.88. The van der Waals surface area contributed by atoms with Crippen molar-refractivity contribution in [3.05, 3.63) is 10.6 Å². The van der Waals surface area contributed by atoms with Crippen LogP contribution in [-0.2, 0) is 14.3 Å². The Hall–Kier alpha value is -1.05. The van der Waals surface area contributed by atoms with E-state index in [1.54, 1.807) is 6.92 Å². The summed E-state index contributed by atoms with van der Waals surface area (Å²) in [5, 5.41) is 18.9. The molecule has 0 aromatic rings. The molecule has 1 amide bonds. The zero-order chi connectivity index (χ0) is 13.0. The van der Waals surface area contributed by atoms with Gasteiger partial charge in [0.1, 0.15) is 11.8 Å². The second-order valence-corrected chi connectivity index (χ2v) is 5.76. The summed E-state index contributed by atoms with van der Waals surface area (Å²) >= 11 is 1.43. The van der Waals surface area contributed by atoms with Crippen LogP contribution >= 0.6 is 11.8 Å². The lowest BCUT2D eigenvalue weighted by Gasteiger charge is -2.46. The van der Waals surface area contributed by atoms with E-state index in [9.17, 15) is 19.8 Å². The van der Waals surface area contributed by atoms with E-state index in [0.717, 1.165) is 0 Å². The Morgan fingerprint density at radius 2 is 2.33 bits per heavy atom. The zero-order valence-corrected chi connectivity index (χ0v) is 10.5. The predicted octanol–water partition coefficient (Wildman–Crippen LogP) is -0.364. The van der Waals surface area contributed by atoms with Crippen LogP contribution in [0.15, 0.2) is 10.6 Å². The van der Waals surface area contributed by atoms with E-state index in [1.807, 2.05) is 0 Å². The first-order valence-corrected chi connectivity index (χ1v) is 6.75. The number of aliphatic hydroxyl groups excluding tert-OH is 1. The molecule has 7 heteroatoms. The number of thioether (sulfide) groups is 1. The number of nitrogens with zero attached hydrogens (tertiary/aromatic N) is 1. The van der Waals surface area contributed by atoms with E-state index >= 15 is 0 Å². The molecule has 3 heterocycles. The maximum Gasteiger partial charge on any atom is 0.353 e. The van der Waals surface area contributed by atoms with Gasteiger partial charge in [0.2, 0.25) is 5.91 Å². The molecular weight excluding hydrogens is 258 g/mol. The zero-order valence-electron chi connectivity index (χ0n) is 9.70. The quantitative estimate of drug-likeness (QED) is 0.667. The van der Waals surface area contributed by atoms with Crippen molar-refractivity contribution in [2.45, 2.75) is 25.2 Å². The van der Waals surface area contributed by atoms with Crippen LogP contribution in [0.3, 0.4) is 0 Å². The lowest BCUT2D eigenvalue weighted by atomic mass is 9.82. The number of hydrogen-bond acceptors (Lipinski definition) is 5. The molecule has 2 N–H and O–H groups in total. The van der Waals surface area contributed by atoms with Crippen LogP contribution in [0.2, 0.25) is 0 Å². The molecule has 3 aliphatic rings. The first-order valence-electron chi connectivity index (χ1n) is 5.77. The molecule has 2 fully saturated rings. The van der Waals surface area contributed by atoms with Gasteiger partial charge < -0.3 is 14.9 Å². The number of carbonyl (C=O) groups excluding carboxylic acids is 1. The summed E-state index contributed by atoms with van der Waals surface area (Å²) in [6, 6.07) is -0.355. The van der Waals surface area contributed by atoms with E-state index in [0.29, 0.717) is 17.3 Å². The molecule has 0 bridgehead atoms. The first kappa shape index (κ1) is 12.0. The molecule has 18 heavy (non-hydrogen) atoms. The second kappa shape index (κ2) is 3.97. The fraction of sp³-hybridized carbons (Fsp3) is 0.636. The first-order chi connectivity index (χ1) is 8.54. The Morgan fingerprint density at radius 3 is 2.94 bits per heavy atom. The van der Waals surface area contributed by atoms with Gasteiger partial charge in [0.05, 0.1) is 24.7 Å². The smallest absolute Gasteiger partial charge is 0.353 e. The molecule has 3 aliphatic heterocycles. The maximum atomic E-state index is 11.9. The van der Waals surface area contributed by atoms with E-state index in [-0.39, 0.29) is 23.8 Å². The summed E-state index contributed by atoms with van der Waals surface area (Å²) in [5.74, 6) is -1.29. The number of carboxylic acids is 1. The molecule has 0 aliphatic carbocycles. The molecule has 0 aromatic heterocycles. The summed E-state index contributed by atoms with van der Waals surface area (Å²) in [6.45, 7) is 2.09. The van der Waals surface area contributed by atoms with Crippen LogP contribution in [0.5, 0.6) is 0 Å². The minimum atomic E-state index is -1.10. The third-order valence-corrected chi connectivity index (χ3v) is 4.70. The minimum Gasteiger partial charge on any atom is -0.477 e. The SMILES string of the molecule is C[C@@H](O)[C@H]1C(=O)N2C(C(=O)O)=C3SCCO[C@@H]3[C@H]12. The van der Waals surface area contributed by atoms with Gasteiger partial charge in [0, 0.05) is 10.7 Å². The van der Waals surface area contributed by atoms with Crippen LogP contribution in [0.1, 0.15) is 6.92 Å². The molecule has 4 atom stereocenters. The van der Waals surface area contributed by atoms with Gasteiger partial charge in [-0.1, -0.05) is 0 Å². The third kappa shape index (κ3) is 1.38. The number of aliphatic carboxylic acids is 1. The van der Waals surface area contributed by atoms with Gasteiger partial charge in [-0.05, 0) is 6.92 Å². The predicted molar refractivity (Wildman–Crippen MR) is 62.7 cm³/mol. The highest BCUT2D eigenvalue weighted by molar-refractivity contribution is 8.03. The number of aliphatic hydroxyl groups is 1. The lowest BCUT2D eigenvalue weighted by molar-refractivity contribution is -0.167. The standard InChI is InChI=1S/C11H13NO5S/c1-4(13)5-6-8-9(18-3-2-17-8)7(11(15)16)12(6)10(5)14/h4-6,8,13H,2-3H2,1H3,(H,15,16)/t4-,5-,6+,8-/m1/s1. The van der Waals surface area contributed by atoms with E-state index in [2.05, 4.69) is 0 Å². The second-order valence-electron chi connectivity index (χ2n) is 4.62. The summed E-state index contributed by atoms with van der Waals surface area (Å²) in [6.07, 6.45) is -1.17. The Balaban J connectivity index is 2.00. The number of rotatable bonds is 2. The average Bonchev–Trinajstić information content (AvgIpc) is 2.60. The summed E-state index contributed by atoms with van der Waals surface area (Å²) in [5.41, 5.74) is 0.0385. The Bertz CT molecular complexity index is 460. The van der Waals surface area contributed by atoms with Gasteiger partial charge in [0.15, 0.2) is 0 Å². The normalized spacial score (nSPS) is 36.0. The molecule has 2 saturated heterocycles. The lowest BCUT2D eigenvalue weighted by Crippen LogP contribution is -2.65. The summed E-state index contributed by atoms with van der Waals surface area (Å²) in [7, 11) is 0. The van der Waals surface area contributed by atoms with Crippen molar-refractivity contribution in [3.8, 4) is 0 Å². The summed E-state index contributed by atoms with van der Waals surface area (Å²) < 4.78 is 5.60. The molecule has 0 saturated carbocycles. The van der Waals surface area contributed by atoms with E-state index in [1.165, 1.54) is 16.7 Å². The van der Waals surface area contributed by atoms with Crippen molar-refractivity contribution >= 4 is 23.6 Å². The van der Waals surface area contributed by atoms with Gasteiger partial charge in [-0.2, -0.15) is 0 Å². The Labute approximate surface area is 108 Å². The monoisotopic (exact) mass is 271 g/mol. The van der Waals surface area contributed by atoms with Crippen molar-refractivity contribution in [2.75, 3.05) is 12.4 Å². The number of carbonyl (C=O) groups is 2. The van der Waals surface area contributed by atoms with Gasteiger partial charge in [-0.15, -0.1) is 11.8 Å².